The molecular formula is C15H20ClN3O2S. The Labute approximate surface area is 140 Å². The number of hydrogen-bond donors (Lipinski definition) is 2. The third-order valence-electron chi connectivity index (χ3n) is 3.91. The van der Waals surface area contributed by atoms with Gasteiger partial charge in [-0.2, -0.15) is 0 Å². The molecule has 120 valence electrons. The van der Waals surface area contributed by atoms with Gasteiger partial charge in [-0.15, -0.1) is 24.2 Å². The Morgan fingerprint density at radius 3 is 2.77 bits per heavy atom. The molecule has 2 heterocycles. The van der Waals surface area contributed by atoms with Gasteiger partial charge in [-0.05, 0) is 31.0 Å². The molecule has 1 aromatic rings. The molecule has 3 N–H and O–H groups in total. The summed E-state index contributed by atoms with van der Waals surface area (Å²) in [4.78, 5) is 27.0. The van der Waals surface area contributed by atoms with E-state index in [4.69, 9.17) is 5.73 Å². The first kappa shape index (κ1) is 17.1. The zero-order chi connectivity index (χ0) is 14.8. The van der Waals surface area contributed by atoms with Gasteiger partial charge in [-0.1, -0.05) is 0 Å². The second-order valence-electron chi connectivity index (χ2n) is 5.49. The topological polar surface area (TPSA) is 75.4 Å². The molecule has 0 unspecified atom stereocenters. The monoisotopic (exact) mass is 341 g/mol. The summed E-state index contributed by atoms with van der Waals surface area (Å²) in [6.07, 6.45) is 2.21. The van der Waals surface area contributed by atoms with Crippen LogP contribution in [0.4, 0.5) is 5.69 Å². The molecule has 2 aliphatic heterocycles. The van der Waals surface area contributed by atoms with Crippen molar-refractivity contribution in [3.63, 3.8) is 0 Å². The quantitative estimate of drug-likeness (QED) is 0.820. The van der Waals surface area contributed by atoms with E-state index in [0.717, 1.165) is 29.2 Å². The van der Waals surface area contributed by atoms with Crippen molar-refractivity contribution in [2.75, 3.05) is 24.2 Å². The predicted octanol–water partition coefficient (Wildman–Crippen LogP) is 2.11. The molecule has 3 rings (SSSR count). The lowest BCUT2D eigenvalue weighted by Gasteiger charge is -2.30. The normalized spacial score (nSPS) is 18.8. The molecule has 0 bridgehead atoms. The van der Waals surface area contributed by atoms with Gasteiger partial charge in [0.05, 0.1) is 5.69 Å². The number of thioether (sulfide) groups is 1. The number of rotatable bonds is 1. The third kappa shape index (κ3) is 3.74. The van der Waals surface area contributed by atoms with Crippen LogP contribution >= 0.6 is 24.2 Å². The van der Waals surface area contributed by atoms with Crippen LogP contribution in [0.5, 0.6) is 0 Å². The highest BCUT2D eigenvalue weighted by atomic mass is 35.5. The molecule has 5 nitrogen and oxygen atoms in total. The summed E-state index contributed by atoms with van der Waals surface area (Å²) >= 11 is 1.64. The van der Waals surface area contributed by atoms with Gasteiger partial charge in [0.2, 0.25) is 5.91 Å². The molecule has 22 heavy (non-hydrogen) atoms. The average molecular weight is 342 g/mol. The number of amides is 2. The van der Waals surface area contributed by atoms with Gasteiger partial charge in [0.25, 0.3) is 5.91 Å². The highest BCUT2D eigenvalue weighted by Crippen LogP contribution is 2.31. The summed E-state index contributed by atoms with van der Waals surface area (Å²) in [5, 5.41) is 2.88. The fraction of sp³-hybridized carbons (Fsp3) is 0.467. The second kappa shape index (κ2) is 7.35. The molecule has 0 radical (unpaired) electrons. The Hall–Kier alpha value is -1.24. The number of nitrogens with two attached hydrogens (primary N) is 1. The third-order valence-corrected chi connectivity index (χ3v) is 4.99. The summed E-state index contributed by atoms with van der Waals surface area (Å²) in [5.74, 6) is 0.804. The van der Waals surface area contributed by atoms with Crippen molar-refractivity contribution >= 4 is 41.7 Å². The van der Waals surface area contributed by atoms with Crippen molar-refractivity contribution in [3.05, 3.63) is 23.8 Å². The van der Waals surface area contributed by atoms with Crippen molar-refractivity contribution in [1.82, 2.24) is 4.90 Å². The Morgan fingerprint density at radius 2 is 2.05 bits per heavy atom. The van der Waals surface area contributed by atoms with Gasteiger partial charge in [0.15, 0.2) is 0 Å². The van der Waals surface area contributed by atoms with Gasteiger partial charge in [-0.25, -0.2) is 0 Å². The van der Waals surface area contributed by atoms with Crippen LogP contribution in [0.1, 0.15) is 29.6 Å². The molecule has 2 amide bonds. The molecule has 0 aliphatic carbocycles. The van der Waals surface area contributed by atoms with Gasteiger partial charge in [0.1, 0.15) is 0 Å². The van der Waals surface area contributed by atoms with Crippen molar-refractivity contribution < 1.29 is 9.59 Å². The smallest absolute Gasteiger partial charge is 0.253 e. The second-order valence-corrected chi connectivity index (χ2v) is 6.62. The molecule has 1 aromatic carbocycles. The molecule has 1 saturated heterocycles. The summed E-state index contributed by atoms with van der Waals surface area (Å²) in [7, 11) is 0. The number of carbonyl (C=O) groups is 2. The summed E-state index contributed by atoms with van der Waals surface area (Å²) in [5.41, 5.74) is 7.25. The fourth-order valence-electron chi connectivity index (χ4n) is 2.64. The number of carbonyl (C=O) groups excluding carboxylic acids is 2. The van der Waals surface area contributed by atoms with Gasteiger partial charge >= 0.3 is 0 Å². The number of benzene rings is 1. The standard InChI is InChI=1S/C15H19N3O2S.ClH/c16-11-3-6-18(7-4-11)15(20)10-1-2-13-12(9-10)17-14(19)5-8-21-13;/h1-2,9,11H,3-8,16H2,(H,17,19);1H. The lowest BCUT2D eigenvalue weighted by Crippen LogP contribution is -2.42. The van der Waals surface area contributed by atoms with Crippen molar-refractivity contribution in [1.29, 1.82) is 0 Å². The SMILES string of the molecule is Cl.NC1CCN(C(=O)c2ccc3c(c2)NC(=O)CCS3)CC1. The van der Waals surface area contributed by atoms with Crippen molar-refractivity contribution in [3.8, 4) is 0 Å². The Bertz CT molecular complexity index is 574. The summed E-state index contributed by atoms with van der Waals surface area (Å²) < 4.78 is 0. The molecule has 0 spiro atoms. The number of nitrogens with zero attached hydrogens (tertiary/aromatic N) is 1. The van der Waals surface area contributed by atoms with Crippen LogP contribution in [0.25, 0.3) is 0 Å². The number of fused-ring (bicyclic) bond motifs is 1. The van der Waals surface area contributed by atoms with Crippen LogP contribution in [0, 0.1) is 0 Å². The van der Waals surface area contributed by atoms with Crippen LogP contribution in [0.3, 0.4) is 0 Å². The maximum Gasteiger partial charge on any atom is 0.253 e. The van der Waals surface area contributed by atoms with Crippen LogP contribution in [0.2, 0.25) is 0 Å². The number of piperidine rings is 1. The van der Waals surface area contributed by atoms with E-state index in [9.17, 15) is 9.59 Å². The van der Waals surface area contributed by atoms with Crippen LogP contribution in [-0.4, -0.2) is 41.6 Å². The van der Waals surface area contributed by atoms with E-state index in [2.05, 4.69) is 5.32 Å². The zero-order valence-electron chi connectivity index (χ0n) is 12.2. The van der Waals surface area contributed by atoms with E-state index >= 15 is 0 Å². The van der Waals surface area contributed by atoms with Gasteiger partial charge in [-0.3, -0.25) is 9.59 Å². The van der Waals surface area contributed by atoms with Crippen molar-refractivity contribution in [2.45, 2.75) is 30.2 Å². The average Bonchev–Trinajstić information content (AvgIpc) is 2.67. The maximum atomic E-state index is 12.5. The van der Waals surface area contributed by atoms with E-state index in [1.807, 2.05) is 17.0 Å². The molecule has 0 atom stereocenters. The highest BCUT2D eigenvalue weighted by molar-refractivity contribution is 7.99. The first-order valence-electron chi connectivity index (χ1n) is 7.25. The molecule has 0 saturated carbocycles. The van der Waals surface area contributed by atoms with Crippen LogP contribution in [0.15, 0.2) is 23.1 Å². The minimum Gasteiger partial charge on any atom is -0.339 e. The highest BCUT2D eigenvalue weighted by Gasteiger charge is 2.23. The lowest BCUT2D eigenvalue weighted by atomic mass is 10.0. The van der Waals surface area contributed by atoms with Gasteiger partial charge in [0, 0.05) is 41.8 Å². The Kier molecular flexibility index (Phi) is 5.72. The summed E-state index contributed by atoms with van der Waals surface area (Å²) in [6, 6.07) is 5.77. The van der Waals surface area contributed by atoms with Crippen molar-refractivity contribution in [2.24, 2.45) is 5.73 Å². The maximum absolute atomic E-state index is 12.5. The number of nitrogens with one attached hydrogen (secondary N) is 1. The Morgan fingerprint density at radius 1 is 1.32 bits per heavy atom. The number of likely N-dealkylation sites (tertiary alicyclic amines) is 1. The van der Waals surface area contributed by atoms with Gasteiger partial charge < -0.3 is 16.0 Å². The largest absolute Gasteiger partial charge is 0.339 e. The predicted molar refractivity (Wildman–Crippen MR) is 90.8 cm³/mol. The lowest BCUT2D eigenvalue weighted by molar-refractivity contribution is -0.115. The number of halogens is 1. The summed E-state index contributed by atoms with van der Waals surface area (Å²) in [6.45, 7) is 1.41. The first-order chi connectivity index (χ1) is 10.1. The zero-order valence-corrected chi connectivity index (χ0v) is 13.8. The molecule has 0 aromatic heterocycles. The number of anilines is 1. The first-order valence-corrected chi connectivity index (χ1v) is 8.23. The van der Waals surface area contributed by atoms with E-state index in [0.29, 0.717) is 25.1 Å². The Balaban J connectivity index is 0.00000176. The van der Waals surface area contributed by atoms with Crippen LogP contribution in [-0.2, 0) is 4.79 Å². The minimum atomic E-state index is 0. The van der Waals surface area contributed by atoms with E-state index in [1.54, 1.807) is 17.8 Å². The minimum absolute atomic E-state index is 0. The van der Waals surface area contributed by atoms with E-state index in [1.165, 1.54) is 0 Å². The fourth-order valence-corrected chi connectivity index (χ4v) is 3.58. The molecule has 1 fully saturated rings. The molecular weight excluding hydrogens is 322 g/mol. The number of hydrogen-bond acceptors (Lipinski definition) is 4. The van der Waals surface area contributed by atoms with E-state index < -0.39 is 0 Å². The van der Waals surface area contributed by atoms with E-state index in [-0.39, 0.29) is 30.3 Å². The molecule has 7 heteroatoms. The molecule has 2 aliphatic rings. The van der Waals surface area contributed by atoms with Crippen LogP contribution < -0.4 is 11.1 Å².